The first-order valence-corrected chi connectivity index (χ1v) is 6.42. The summed E-state index contributed by atoms with van der Waals surface area (Å²) in [5, 5.41) is 3.38. The molecule has 0 radical (unpaired) electrons. The molecule has 0 aliphatic heterocycles. The van der Waals surface area contributed by atoms with Crippen LogP contribution in [0.2, 0.25) is 0 Å². The standard InChI is InChI=1S/C15H18FN3/c1-11(15-12(2)18-8-9-19-15)17-7-6-13-4-3-5-14(16)10-13/h3-5,8-11,17H,6-7H2,1-2H3. The minimum absolute atomic E-state index is 0.141. The van der Waals surface area contributed by atoms with Gasteiger partial charge in [-0.1, -0.05) is 12.1 Å². The zero-order valence-corrected chi connectivity index (χ0v) is 11.2. The van der Waals surface area contributed by atoms with Crippen LogP contribution in [0.1, 0.15) is 29.9 Å². The second-order valence-electron chi connectivity index (χ2n) is 4.58. The maximum absolute atomic E-state index is 13.0. The van der Waals surface area contributed by atoms with Crippen molar-refractivity contribution in [1.29, 1.82) is 0 Å². The van der Waals surface area contributed by atoms with Gasteiger partial charge in [0.1, 0.15) is 5.82 Å². The maximum atomic E-state index is 13.0. The van der Waals surface area contributed by atoms with E-state index in [0.29, 0.717) is 0 Å². The lowest BCUT2D eigenvalue weighted by molar-refractivity contribution is 0.557. The smallest absolute Gasteiger partial charge is 0.123 e. The van der Waals surface area contributed by atoms with Gasteiger partial charge in [0.25, 0.3) is 0 Å². The summed E-state index contributed by atoms with van der Waals surface area (Å²) in [7, 11) is 0. The molecule has 0 aliphatic rings. The lowest BCUT2D eigenvalue weighted by atomic mass is 10.1. The highest BCUT2D eigenvalue weighted by Gasteiger charge is 2.09. The first kappa shape index (κ1) is 13.6. The van der Waals surface area contributed by atoms with Gasteiger partial charge in [0, 0.05) is 18.4 Å². The van der Waals surface area contributed by atoms with Crippen molar-refractivity contribution in [3.05, 3.63) is 59.4 Å². The Bertz CT molecular complexity index is 542. The molecule has 4 heteroatoms. The molecule has 1 N–H and O–H groups in total. The maximum Gasteiger partial charge on any atom is 0.123 e. The van der Waals surface area contributed by atoms with Crippen molar-refractivity contribution >= 4 is 0 Å². The Morgan fingerprint density at radius 2 is 2.05 bits per heavy atom. The van der Waals surface area contributed by atoms with Gasteiger partial charge in [-0.25, -0.2) is 4.39 Å². The van der Waals surface area contributed by atoms with Gasteiger partial charge in [0.15, 0.2) is 0 Å². The van der Waals surface area contributed by atoms with Crippen LogP contribution < -0.4 is 5.32 Å². The van der Waals surface area contributed by atoms with Gasteiger partial charge in [-0.05, 0) is 44.5 Å². The molecule has 2 aromatic rings. The third-order valence-corrected chi connectivity index (χ3v) is 3.08. The Morgan fingerprint density at radius 3 is 2.79 bits per heavy atom. The molecule has 1 unspecified atom stereocenters. The van der Waals surface area contributed by atoms with E-state index < -0.39 is 0 Å². The van der Waals surface area contributed by atoms with Gasteiger partial charge >= 0.3 is 0 Å². The largest absolute Gasteiger partial charge is 0.308 e. The number of hydrogen-bond donors (Lipinski definition) is 1. The monoisotopic (exact) mass is 259 g/mol. The minimum atomic E-state index is -0.185. The second-order valence-corrected chi connectivity index (χ2v) is 4.58. The van der Waals surface area contributed by atoms with Crippen molar-refractivity contribution in [1.82, 2.24) is 15.3 Å². The molecular weight excluding hydrogens is 241 g/mol. The van der Waals surface area contributed by atoms with Crippen LogP contribution in [0.4, 0.5) is 4.39 Å². The number of rotatable bonds is 5. The molecule has 100 valence electrons. The highest BCUT2D eigenvalue weighted by Crippen LogP contribution is 2.11. The summed E-state index contributed by atoms with van der Waals surface area (Å²) in [5.41, 5.74) is 2.89. The molecule has 1 heterocycles. The first-order valence-electron chi connectivity index (χ1n) is 6.42. The second kappa shape index (κ2) is 6.38. The van der Waals surface area contributed by atoms with Crippen LogP contribution in [0.5, 0.6) is 0 Å². The molecule has 0 spiro atoms. The number of halogens is 1. The number of nitrogens with one attached hydrogen (secondary N) is 1. The third-order valence-electron chi connectivity index (χ3n) is 3.08. The van der Waals surface area contributed by atoms with Gasteiger partial charge < -0.3 is 5.32 Å². The summed E-state index contributed by atoms with van der Waals surface area (Å²) in [6, 6.07) is 6.84. The average molecular weight is 259 g/mol. The Morgan fingerprint density at radius 1 is 1.26 bits per heavy atom. The van der Waals surface area contributed by atoms with Crippen molar-refractivity contribution in [2.45, 2.75) is 26.3 Å². The van der Waals surface area contributed by atoms with E-state index in [0.717, 1.165) is 29.9 Å². The Kier molecular flexibility index (Phi) is 4.58. The lowest BCUT2D eigenvalue weighted by Gasteiger charge is -2.14. The molecule has 0 aliphatic carbocycles. The fraction of sp³-hybridized carbons (Fsp3) is 0.333. The molecule has 3 nitrogen and oxygen atoms in total. The summed E-state index contributed by atoms with van der Waals surface area (Å²) >= 11 is 0. The normalized spacial score (nSPS) is 12.4. The molecule has 1 aromatic heterocycles. The van der Waals surface area contributed by atoms with Crippen molar-refractivity contribution in [2.75, 3.05) is 6.54 Å². The van der Waals surface area contributed by atoms with E-state index in [9.17, 15) is 4.39 Å². The summed E-state index contributed by atoms with van der Waals surface area (Å²) < 4.78 is 13.0. The molecule has 2 rings (SSSR count). The topological polar surface area (TPSA) is 37.8 Å². The van der Waals surface area contributed by atoms with Crippen molar-refractivity contribution in [3.8, 4) is 0 Å². The predicted molar refractivity (Wildman–Crippen MR) is 73.3 cm³/mol. The van der Waals surface area contributed by atoms with Gasteiger partial charge in [-0.2, -0.15) is 0 Å². The summed E-state index contributed by atoms with van der Waals surface area (Å²) in [6.07, 6.45) is 4.19. The van der Waals surface area contributed by atoms with Crippen molar-refractivity contribution < 1.29 is 4.39 Å². The quantitative estimate of drug-likeness (QED) is 0.897. The van der Waals surface area contributed by atoms with E-state index >= 15 is 0 Å². The Labute approximate surface area is 112 Å². The van der Waals surface area contributed by atoms with E-state index in [1.807, 2.05) is 13.0 Å². The highest BCUT2D eigenvalue weighted by molar-refractivity contribution is 5.17. The van der Waals surface area contributed by atoms with Crippen molar-refractivity contribution in [3.63, 3.8) is 0 Å². The van der Waals surface area contributed by atoms with Crippen LogP contribution in [0.15, 0.2) is 36.7 Å². The average Bonchev–Trinajstić information content (AvgIpc) is 2.39. The number of nitrogens with zero attached hydrogens (tertiary/aromatic N) is 2. The van der Waals surface area contributed by atoms with E-state index in [2.05, 4.69) is 22.2 Å². The molecule has 0 amide bonds. The van der Waals surface area contributed by atoms with E-state index in [4.69, 9.17) is 0 Å². The molecule has 0 fully saturated rings. The molecular formula is C15H18FN3. The van der Waals surface area contributed by atoms with Crippen LogP contribution in [0.3, 0.4) is 0 Å². The van der Waals surface area contributed by atoms with E-state index in [1.54, 1.807) is 24.5 Å². The predicted octanol–water partition coefficient (Wildman–Crippen LogP) is 2.82. The van der Waals surface area contributed by atoms with Gasteiger partial charge in [-0.3, -0.25) is 9.97 Å². The Hall–Kier alpha value is -1.81. The van der Waals surface area contributed by atoms with Crippen LogP contribution in [0, 0.1) is 12.7 Å². The zero-order valence-electron chi connectivity index (χ0n) is 11.2. The summed E-state index contributed by atoms with van der Waals surface area (Å²) in [5.74, 6) is -0.185. The summed E-state index contributed by atoms with van der Waals surface area (Å²) in [4.78, 5) is 8.56. The lowest BCUT2D eigenvalue weighted by Crippen LogP contribution is -2.23. The van der Waals surface area contributed by atoms with Crippen LogP contribution in [0.25, 0.3) is 0 Å². The zero-order chi connectivity index (χ0) is 13.7. The van der Waals surface area contributed by atoms with Crippen molar-refractivity contribution in [2.24, 2.45) is 0 Å². The number of aryl methyl sites for hydroxylation is 1. The van der Waals surface area contributed by atoms with E-state index in [1.165, 1.54) is 6.07 Å². The molecule has 19 heavy (non-hydrogen) atoms. The van der Waals surface area contributed by atoms with Gasteiger partial charge in [0.05, 0.1) is 11.4 Å². The third kappa shape index (κ3) is 3.83. The van der Waals surface area contributed by atoms with E-state index in [-0.39, 0.29) is 11.9 Å². The highest BCUT2D eigenvalue weighted by atomic mass is 19.1. The van der Waals surface area contributed by atoms with Crippen LogP contribution >= 0.6 is 0 Å². The fourth-order valence-corrected chi connectivity index (χ4v) is 2.07. The number of hydrogen-bond acceptors (Lipinski definition) is 3. The van der Waals surface area contributed by atoms with Gasteiger partial charge in [0.2, 0.25) is 0 Å². The number of benzene rings is 1. The number of aromatic nitrogens is 2. The molecule has 1 aromatic carbocycles. The molecule has 1 atom stereocenters. The molecule has 0 bridgehead atoms. The van der Waals surface area contributed by atoms with Gasteiger partial charge in [-0.15, -0.1) is 0 Å². The molecule has 0 saturated heterocycles. The molecule has 0 saturated carbocycles. The SMILES string of the molecule is Cc1nccnc1C(C)NCCc1cccc(F)c1. The fourth-order valence-electron chi connectivity index (χ4n) is 2.07. The minimum Gasteiger partial charge on any atom is -0.308 e. The summed E-state index contributed by atoms with van der Waals surface area (Å²) in [6.45, 7) is 4.79. The first-order chi connectivity index (χ1) is 9.16. The van der Waals surface area contributed by atoms with Crippen LogP contribution in [-0.2, 0) is 6.42 Å². The van der Waals surface area contributed by atoms with Crippen LogP contribution in [-0.4, -0.2) is 16.5 Å². The Balaban J connectivity index is 1.88.